The first-order valence-electron chi connectivity index (χ1n) is 11.3. The Balaban J connectivity index is 1.31. The summed E-state index contributed by atoms with van der Waals surface area (Å²) >= 11 is 1.45. The molecule has 6 rings (SSSR count). The highest BCUT2D eigenvalue weighted by molar-refractivity contribution is 7.21. The molecule has 1 aliphatic heterocycles. The van der Waals surface area contributed by atoms with E-state index in [-0.39, 0.29) is 5.91 Å². The highest BCUT2D eigenvalue weighted by Crippen LogP contribution is 2.39. The van der Waals surface area contributed by atoms with Gasteiger partial charge in [-0.2, -0.15) is 0 Å². The number of nitrogens with zero attached hydrogens (tertiary/aromatic N) is 2. The van der Waals surface area contributed by atoms with Gasteiger partial charge in [0.25, 0.3) is 5.91 Å². The number of fused-ring (bicyclic) bond motifs is 3. The SMILES string of the molecule is Nc1c(C(=O)N2CCc3ccccc3C2)sc2nc3c(cc12)C[C@H](c1ccccc1)CC3. The lowest BCUT2D eigenvalue weighted by molar-refractivity contribution is 0.0740. The van der Waals surface area contributed by atoms with E-state index in [1.807, 2.05) is 11.0 Å². The van der Waals surface area contributed by atoms with Crippen LogP contribution in [0.4, 0.5) is 5.69 Å². The number of rotatable bonds is 2. The molecule has 32 heavy (non-hydrogen) atoms. The number of aryl methyl sites for hydroxylation is 1. The summed E-state index contributed by atoms with van der Waals surface area (Å²) in [5.74, 6) is 0.539. The molecule has 2 N–H and O–H groups in total. The van der Waals surface area contributed by atoms with Crippen molar-refractivity contribution in [3.63, 3.8) is 0 Å². The van der Waals surface area contributed by atoms with Gasteiger partial charge in [-0.1, -0.05) is 54.6 Å². The Bertz CT molecular complexity index is 1330. The molecule has 2 aliphatic rings. The molecule has 5 heteroatoms. The average Bonchev–Trinajstić information content (AvgIpc) is 3.17. The normalized spacial score (nSPS) is 17.8. The summed E-state index contributed by atoms with van der Waals surface area (Å²) in [6, 6.07) is 21.3. The molecule has 0 fully saturated rings. The Labute approximate surface area is 191 Å². The number of anilines is 1. The highest BCUT2D eigenvalue weighted by atomic mass is 32.1. The van der Waals surface area contributed by atoms with E-state index >= 15 is 0 Å². The molecule has 0 saturated heterocycles. The number of hydrogen-bond donors (Lipinski definition) is 1. The van der Waals surface area contributed by atoms with Gasteiger partial charge in [0.1, 0.15) is 9.71 Å². The summed E-state index contributed by atoms with van der Waals surface area (Å²) in [5.41, 5.74) is 13.5. The molecule has 2 aromatic carbocycles. The molecular weight excluding hydrogens is 414 g/mol. The van der Waals surface area contributed by atoms with Crippen molar-refractivity contribution in [3.05, 3.63) is 93.5 Å². The fraction of sp³-hybridized carbons (Fsp3) is 0.259. The minimum atomic E-state index is 0.0279. The van der Waals surface area contributed by atoms with Gasteiger partial charge in [0.2, 0.25) is 0 Å². The topological polar surface area (TPSA) is 59.2 Å². The minimum Gasteiger partial charge on any atom is -0.397 e. The fourth-order valence-electron chi connectivity index (χ4n) is 5.17. The van der Waals surface area contributed by atoms with Crippen LogP contribution in [-0.2, 0) is 25.8 Å². The van der Waals surface area contributed by atoms with Gasteiger partial charge in [0, 0.05) is 24.2 Å². The molecule has 0 saturated carbocycles. The maximum absolute atomic E-state index is 13.4. The Morgan fingerprint density at radius 2 is 1.78 bits per heavy atom. The monoisotopic (exact) mass is 439 g/mol. The molecule has 1 amide bonds. The van der Waals surface area contributed by atoms with E-state index in [9.17, 15) is 4.79 Å². The summed E-state index contributed by atoms with van der Waals surface area (Å²) in [7, 11) is 0. The lowest BCUT2D eigenvalue weighted by Crippen LogP contribution is -2.35. The third-order valence-electron chi connectivity index (χ3n) is 6.97. The van der Waals surface area contributed by atoms with Gasteiger partial charge in [-0.3, -0.25) is 4.79 Å². The number of carbonyl (C=O) groups excluding carboxylic acids is 1. The Kier molecular flexibility index (Phi) is 4.72. The van der Waals surface area contributed by atoms with Crippen molar-refractivity contribution in [2.75, 3.05) is 12.3 Å². The van der Waals surface area contributed by atoms with Gasteiger partial charge in [-0.25, -0.2) is 4.98 Å². The van der Waals surface area contributed by atoms with E-state index in [0.717, 1.165) is 48.1 Å². The van der Waals surface area contributed by atoms with Gasteiger partial charge in [-0.05, 0) is 59.9 Å². The van der Waals surface area contributed by atoms with Crippen LogP contribution < -0.4 is 5.73 Å². The molecule has 0 bridgehead atoms. The van der Waals surface area contributed by atoms with Crippen LogP contribution in [0.2, 0.25) is 0 Å². The van der Waals surface area contributed by atoms with E-state index in [2.05, 4.69) is 54.6 Å². The van der Waals surface area contributed by atoms with Crippen LogP contribution in [0.3, 0.4) is 0 Å². The largest absolute Gasteiger partial charge is 0.397 e. The molecule has 0 radical (unpaired) electrons. The van der Waals surface area contributed by atoms with Gasteiger partial charge < -0.3 is 10.6 Å². The minimum absolute atomic E-state index is 0.0279. The van der Waals surface area contributed by atoms with Crippen molar-refractivity contribution in [1.82, 2.24) is 9.88 Å². The Morgan fingerprint density at radius 3 is 2.62 bits per heavy atom. The molecule has 4 aromatic rings. The molecule has 4 nitrogen and oxygen atoms in total. The maximum atomic E-state index is 13.4. The second-order valence-electron chi connectivity index (χ2n) is 8.89. The first kappa shape index (κ1) is 19.5. The fourth-order valence-corrected chi connectivity index (χ4v) is 6.24. The van der Waals surface area contributed by atoms with E-state index in [1.54, 1.807) is 0 Å². The van der Waals surface area contributed by atoms with E-state index in [4.69, 9.17) is 10.7 Å². The number of hydrogen-bond acceptors (Lipinski definition) is 4. The zero-order chi connectivity index (χ0) is 21.7. The molecule has 0 unspecified atom stereocenters. The van der Waals surface area contributed by atoms with Gasteiger partial charge in [0.05, 0.1) is 5.69 Å². The second-order valence-corrected chi connectivity index (χ2v) is 9.89. The van der Waals surface area contributed by atoms with Crippen LogP contribution in [0.5, 0.6) is 0 Å². The number of nitrogen functional groups attached to an aromatic ring is 1. The third-order valence-corrected chi connectivity index (χ3v) is 8.07. The molecule has 1 aliphatic carbocycles. The van der Waals surface area contributed by atoms with Crippen molar-refractivity contribution >= 4 is 33.1 Å². The summed E-state index contributed by atoms with van der Waals surface area (Å²) in [6.07, 6.45) is 3.94. The quantitative estimate of drug-likeness (QED) is 0.458. The number of thiophene rings is 1. The van der Waals surface area contributed by atoms with Crippen molar-refractivity contribution in [1.29, 1.82) is 0 Å². The van der Waals surface area contributed by atoms with E-state index < -0.39 is 0 Å². The number of pyridine rings is 1. The molecule has 160 valence electrons. The zero-order valence-corrected chi connectivity index (χ0v) is 18.7. The van der Waals surface area contributed by atoms with Crippen molar-refractivity contribution in [2.45, 2.75) is 38.1 Å². The lowest BCUT2D eigenvalue weighted by Gasteiger charge is -2.28. The third kappa shape index (κ3) is 3.28. The van der Waals surface area contributed by atoms with Gasteiger partial charge in [0.15, 0.2) is 0 Å². The van der Waals surface area contributed by atoms with Gasteiger partial charge >= 0.3 is 0 Å². The number of carbonyl (C=O) groups is 1. The zero-order valence-electron chi connectivity index (χ0n) is 17.9. The first-order valence-corrected chi connectivity index (χ1v) is 12.1. The summed E-state index contributed by atoms with van der Waals surface area (Å²) in [5, 5.41) is 0.934. The van der Waals surface area contributed by atoms with Gasteiger partial charge in [-0.15, -0.1) is 11.3 Å². The van der Waals surface area contributed by atoms with Crippen molar-refractivity contribution in [2.24, 2.45) is 0 Å². The van der Waals surface area contributed by atoms with Crippen LogP contribution in [0.25, 0.3) is 10.2 Å². The number of aromatic nitrogens is 1. The predicted octanol–water partition coefficient (Wildman–Crippen LogP) is 5.35. The summed E-state index contributed by atoms with van der Waals surface area (Å²) < 4.78 is 0. The Morgan fingerprint density at radius 1 is 1.00 bits per heavy atom. The summed E-state index contributed by atoms with van der Waals surface area (Å²) in [4.78, 5) is 21.8. The first-order chi connectivity index (χ1) is 15.7. The standard InChI is InChI=1S/C27H25N3OS/c28-24-22-15-21-14-19(17-6-2-1-3-7-17)10-11-23(21)29-26(22)32-25(24)27(31)30-13-12-18-8-4-5-9-20(18)16-30/h1-9,15,19H,10-14,16,28H2/t19-/m1/s1. The summed E-state index contributed by atoms with van der Waals surface area (Å²) in [6.45, 7) is 1.37. The number of amides is 1. The average molecular weight is 440 g/mol. The van der Waals surface area contributed by atoms with Crippen LogP contribution in [0, 0.1) is 0 Å². The number of benzene rings is 2. The van der Waals surface area contributed by atoms with Crippen molar-refractivity contribution < 1.29 is 4.79 Å². The van der Waals surface area contributed by atoms with Crippen LogP contribution >= 0.6 is 11.3 Å². The number of nitrogens with two attached hydrogens (primary N) is 1. The molecule has 1 atom stereocenters. The van der Waals surface area contributed by atoms with E-state index in [0.29, 0.717) is 23.0 Å². The molecule has 2 aromatic heterocycles. The van der Waals surface area contributed by atoms with Crippen LogP contribution in [0.15, 0.2) is 60.7 Å². The van der Waals surface area contributed by atoms with Crippen LogP contribution in [-0.4, -0.2) is 22.3 Å². The van der Waals surface area contributed by atoms with E-state index in [1.165, 1.54) is 33.6 Å². The lowest BCUT2D eigenvalue weighted by atomic mass is 9.82. The predicted molar refractivity (Wildman–Crippen MR) is 130 cm³/mol. The molecular formula is C27H25N3OS. The molecule has 0 spiro atoms. The van der Waals surface area contributed by atoms with Crippen LogP contribution in [0.1, 0.15) is 50.0 Å². The van der Waals surface area contributed by atoms with Crippen molar-refractivity contribution in [3.8, 4) is 0 Å². The smallest absolute Gasteiger partial charge is 0.266 e. The second kappa shape index (κ2) is 7.75. The molecule has 3 heterocycles. The maximum Gasteiger partial charge on any atom is 0.266 e. The highest BCUT2D eigenvalue weighted by Gasteiger charge is 2.28. The Hall–Kier alpha value is -3.18.